The molecule has 0 atom stereocenters. The van der Waals surface area contributed by atoms with Crippen LogP contribution >= 0.6 is 11.8 Å². The second kappa shape index (κ2) is 9.05. The van der Waals surface area contributed by atoms with E-state index in [1.54, 1.807) is 11.8 Å². The Balaban J connectivity index is 2.19. The number of hydrogen-bond acceptors (Lipinski definition) is 5. The molecule has 0 aliphatic carbocycles. The summed E-state index contributed by atoms with van der Waals surface area (Å²) in [5, 5.41) is 9.53. The lowest BCUT2D eigenvalue weighted by Crippen LogP contribution is -2.25. The molecule has 0 bridgehead atoms. The summed E-state index contributed by atoms with van der Waals surface area (Å²) < 4.78 is 13.4. The third kappa shape index (κ3) is 5.06. The van der Waals surface area contributed by atoms with Crippen molar-refractivity contribution >= 4 is 11.8 Å². The molecule has 0 aliphatic rings. The Hall–Kier alpha value is -1.37. The van der Waals surface area contributed by atoms with Crippen molar-refractivity contribution in [3.05, 3.63) is 41.2 Å². The normalized spacial score (nSPS) is 11.3. The Labute approximate surface area is 142 Å². The van der Waals surface area contributed by atoms with Crippen molar-refractivity contribution in [2.24, 2.45) is 0 Å². The predicted octanol–water partition coefficient (Wildman–Crippen LogP) is 3.30. The summed E-state index contributed by atoms with van der Waals surface area (Å²) in [5.41, 5.74) is 2.48. The lowest BCUT2D eigenvalue weighted by Gasteiger charge is -2.19. The van der Waals surface area contributed by atoms with Crippen molar-refractivity contribution < 1.29 is 9.47 Å². The highest BCUT2D eigenvalue weighted by Gasteiger charge is 2.17. The van der Waals surface area contributed by atoms with Crippen LogP contribution < -0.4 is 0 Å². The number of aryl methyl sites for hydroxylation is 1. The molecule has 0 aliphatic heterocycles. The largest absolute Gasteiger partial charge is 0.351 e. The molecule has 2 rings (SSSR count). The monoisotopic (exact) mass is 335 g/mol. The van der Waals surface area contributed by atoms with Gasteiger partial charge >= 0.3 is 0 Å². The van der Waals surface area contributed by atoms with Crippen LogP contribution in [0, 0.1) is 6.92 Å². The van der Waals surface area contributed by atoms with Gasteiger partial charge in [-0.15, -0.1) is 10.2 Å². The van der Waals surface area contributed by atoms with Crippen LogP contribution in [0.3, 0.4) is 0 Å². The van der Waals surface area contributed by atoms with Crippen LogP contribution in [-0.2, 0) is 22.4 Å². The molecule has 0 unspecified atom stereocenters. The molecule has 0 radical (unpaired) electrons. The zero-order valence-corrected chi connectivity index (χ0v) is 15.1. The van der Waals surface area contributed by atoms with E-state index in [4.69, 9.17) is 9.47 Å². The molecule has 6 heteroatoms. The van der Waals surface area contributed by atoms with Crippen LogP contribution in [0.1, 0.15) is 30.8 Å². The molecular formula is C17H25N3O2S. The second-order valence-corrected chi connectivity index (χ2v) is 5.99. The summed E-state index contributed by atoms with van der Waals surface area (Å²) in [5.74, 6) is 0.933. The van der Waals surface area contributed by atoms with E-state index >= 15 is 0 Å². The Morgan fingerprint density at radius 1 is 1.09 bits per heavy atom. The average Bonchev–Trinajstić information content (AvgIpc) is 2.92. The van der Waals surface area contributed by atoms with Gasteiger partial charge in [-0.25, -0.2) is 0 Å². The van der Waals surface area contributed by atoms with E-state index in [2.05, 4.69) is 46.0 Å². The summed E-state index contributed by atoms with van der Waals surface area (Å²) in [6.45, 7) is 7.88. The SMILES string of the molecule is CCOC(Cn1c(Cc2ccc(C)cc2)nnc1SC)OCC. The average molecular weight is 335 g/mol. The summed E-state index contributed by atoms with van der Waals surface area (Å²) >= 11 is 1.59. The van der Waals surface area contributed by atoms with E-state index in [0.29, 0.717) is 19.8 Å². The maximum atomic E-state index is 5.67. The van der Waals surface area contributed by atoms with E-state index in [-0.39, 0.29) is 6.29 Å². The number of thioether (sulfide) groups is 1. The van der Waals surface area contributed by atoms with Crippen molar-refractivity contribution in [2.75, 3.05) is 19.5 Å². The summed E-state index contributed by atoms with van der Waals surface area (Å²) in [7, 11) is 0. The molecule has 0 N–H and O–H groups in total. The van der Waals surface area contributed by atoms with E-state index in [1.165, 1.54) is 11.1 Å². The Bertz CT molecular complexity index is 592. The van der Waals surface area contributed by atoms with E-state index in [0.717, 1.165) is 17.4 Å². The van der Waals surface area contributed by atoms with Crippen molar-refractivity contribution in [2.45, 2.75) is 45.2 Å². The number of ether oxygens (including phenoxy) is 2. The summed E-state index contributed by atoms with van der Waals surface area (Å²) in [6, 6.07) is 8.51. The first-order valence-electron chi connectivity index (χ1n) is 7.92. The van der Waals surface area contributed by atoms with Gasteiger partial charge in [-0.1, -0.05) is 41.6 Å². The fourth-order valence-corrected chi connectivity index (χ4v) is 2.87. The third-order valence-electron chi connectivity index (χ3n) is 3.50. The number of hydrogen-bond donors (Lipinski definition) is 0. The Morgan fingerprint density at radius 2 is 1.74 bits per heavy atom. The molecule has 23 heavy (non-hydrogen) atoms. The van der Waals surface area contributed by atoms with E-state index in [9.17, 15) is 0 Å². The van der Waals surface area contributed by atoms with Crippen molar-refractivity contribution in [3.63, 3.8) is 0 Å². The minimum Gasteiger partial charge on any atom is -0.351 e. The quantitative estimate of drug-likeness (QED) is 0.520. The number of benzene rings is 1. The maximum Gasteiger partial charge on any atom is 0.191 e. The van der Waals surface area contributed by atoms with Crippen LogP contribution in [0.25, 0.3) is 0 Å². The van der Waals surface area contributed by atoms with Gasteiger partial charge in [0, 0.05) is 19.6 Å². The minimum absolute atomic E-state index is 0.274. The highest BCUT2D eigenvalue weighted by Crippen LogP contribution is 2.18. The van der Waals surface area contributed by atoms with Gasteiger partial charge in [-0.05, 0) is 32.6 Å². The molecule has 126 valence electrons. The molecule has 1 aromatic carbocycles. The molecule has 1 aromatic heterocycles. The van der Waals surface area contributed by atoms with E-state index < -0.39 is 0 Å². The van der Waals surface area contributed by atoms with Gasteiger partial charge in [0.25, 0.3) is 0 Å². The van der Waals surface area contributed by atoms with Crippen LogP contribution in [0.2, 0.25) is 0 Å². The van der Waals surface area contributed by atoms with Gasteiger partial charge in [0.05, 0.1) is 6.54 Å². The molecule has 1 heterocycles. The molecule has 0 saturated heterocycles. The first kappa shape index (κ1) is 18.0. The first-order valence-corrected chi connectivity index (χ1v) is 9.15. The lowest BCUT2D eigenvalue weighted by molar-refractivity contribution is -0.144. The summed E-state index contributed by atoms with van der Waals surface area (Å²) in [6.07, 6.45) is 2.48. The fourth-order valence-electron chi connectivity index (χ4n) is 2.35. The van der Waals surface area contributed by atoms with Gasteiger partial charge in [-0.2, -0.15) is 0 Å². The molecule has 0 saturated carbocycles. The second-order valence-electron chi connectivity index (χ2n) is 5.22. The fraction of sp³-hybridized carbons (Fsp3) is 0.529. The number of nitrogens with zero attached hydrogens (tertiary/aromatic N) is 3. The highest BCUT2D eigenvalue weighted by atomic mass is 32.2. The first-order chi connectivity index (χ1) is 11.2. The third-order valence-corrected chi connectivity index (χ3v) is 4.16. The molecular weight excluding hydrogens is 310 g/mol. The Morgan fingerprint density at radius 3 is 2.30 bits per heavy atom. The zero-order valence-electron chi connectivity index (χ0n) is 14.3. The molecule has 2 aromatic rings. The van der Waals surface area contributed by atoms with Gasteiger partial charge in [-0.3, -0.25) is 0 Å². The number of rotatable bonds is 9. The van der Waals surface area contributed by atoms with Crippen LogP contribution in [-0.4, -0.2) is 40.5 Å². The molecule has 0 spiro atoms. The summed E-state index contributed by atoms with van der Waals surface area (Å²) in [4.78, 5) is 0. The molecule has 5 nitrogen and oxygen atoms in total. The van der Waals surface area contributed by atoms with Crippen LogP contribution in [0.5, 0.6) is 0 Å². The van der Waals surface area contributed by atoms with Crippen LogP contribution in [0.4, 0.5) is 0 Å². The minimum atomic E-state index is -0.274. The standard InChI is InChI=1S/C17H25N3O2S/c1-5-21-16(22-6-2)12-20-15(18-19-17(20)23-4)11-14-9-7-13(3)8-10-14/h7-10,16H,5-6,11-12H2,1-4H3. The Kier molecular flexibility index (Phi) is 7.08. The molecule has 0 amide bonds. The maximum absolute atomic E-state index is 5.67. The van der Waals surface area contributed by atoms with Crippen LogP contribution in [0.15, 0.2) is 29.4 Å². The molecule has 0 fully saturated rings. The topological polar surface area (TPSA) is 49.2 Å². The number of aromatic nitrogens is 3. The van der Waals surface area contributed by atoms with Gasteiger partial charge in [0.1, 0.15) is 5.82 Å². The van der Waals surface area contributed by atoms with Crippen molar-refractivity contribution in [1.82, 2.24) is 14.8 Å². The van der Waals surface area contributed by atoms with E-state index in [1.807, 2.05) is 20.1 Å². The predicted molar refractivity (Wildman–Crippen MR) is 92.8 cm³/mol. The highest BCUT2D eigenvalue weighted by molar-refractivity contribution is 7.98. The van der Waals surface area contributed by atoms with Crippen molar-refractivity contribution in [3.8, 4) is 0 Å². The lowest BCUT2D eigenvalue weighted by atomic mass is 10.1. The smallest absolute Gasteiger partial charge is 0.191 e. The zero-order chi connectivity index (χ0) is 16.7. The van der Waals surface area contributed by atoms with Crippen molar-refractivity contribution in [1.29, 1.82) is 0 Å². The van der Waals surface area contributed by atoms with Gasteiger partial charge < -0.3 is 14.0 Å². The van der Waals surface area contributed by atoms with Gasteiger partial charge in [0.15, 0.2) is 11.4 Å². The van der Waals surface area contributed by atoms with Gasteiger partial charge in [0.2, 0.25) is 0 Å².